The van der Waals surface area contributed by atoms with Crippen LogP contribution in [-0.4, -0.2) is 238 Å². The van der Waals surface area contributed by atoms with Crippen LogP contribution < -0.4 is 37.6 Å². The lowest BCUT2D eigenvalue weighted by Gasteiger charge is -2.41. The fraction of sp³-hybridized carbons (Fsp3) is 0.692. The number of anilines is 1. The van der Waals surface area contributed by atoms with Gasteiger partial charge in [0, 0.05) is 142 Å². The number of primary amides is 1. The molecule has 1 aliphatic rings. The number of hydrogen-bond donors (Lipinski definition) is 8. The Morgan fingerprint density at radius 3 is 1.84 bits per heavy atom. The Kier molecular flexibility index (Phi) is 46.2. The van der Waals surface area contributed by atoms with Crippen molar-refractivity contribution in [2.24, 2.45) is 53.1 Å². The number of likely N-dealkylation sites (tertiary alicyclic amines) is 1. The van der Waals surface area contributed by atoms with Gasteiger partial charge in [0.2, 0.25) is 29.5 Å². The molecule has 2 aromatic carbocycles. The topological polar surface area (TPSA) is 398 Å². The van der Waals surface area contributed by atoms with Crippen molar-refractivity contribution in [3.05, 3.63) is 65.7 Å². The molecule has 10 amide bonds. The second-order valence-electron chi connectivity index (χ2n) is 29.3. The molecule has 1 heterocycles. The number of rotatable bonds is 55. The van der Waals surface area contributed by atoms with E-state index in [1.54, 1.807) is 75.9 Å². The molecule has 9 N–H and O–H groups in total. The number of nitrogens with two attached hydrogens (primary N) is 1. The first-order valence-corrected chi connectivity index (χ1v) is 39.8. The fourth-order valence-corrected chi connectivity index (χ4v) is 14.1. The summed E-state index contributed by atoms with van der Waals surface area (Å²) in [7, 11) is 6.22. The number of benzene rings is 2. The highest BCUT2D eigenvalue weighted by molar-refractivity contribution is 9.18. The number of aliphatic hydroxyl groups excluding tert-OH is 1. The summed E-state index contributed by atoms with van der Waals surface area (Å²) in [6, 6.07) is 11.6. The summed E-state index contributed by atoms with van der Waals surface area (Å²) in [4.78, 5) is 163. The highest BCUT2D eigenvalue weighted by Crippen LogP contribution is 2.34. The van der Waals surface area contributed by atoms with Crippen molar-refractivity contribution in [1.29, 1.82) is 0 Å². The molecule has 0 saturated carbocycles. The third-order valence-electron chi connectivity index (χ3n) is 20.0. The van der Waals surface area contributed by atoms with E-state index in [-0.39, 0.29) is 171 Å². The maximum Gasteiger partial charge on any atom is 0.410 e. The number of amides is 10. The van der Waals surface area contributed by atoms with E-state index in [2.05, 4.69) is 63.8 Å². The van der Waals surface area contributed by atoms with Gasteiger partial charge in [-0.05, 0) is 85.0 Å². The Labute approximate surface area is 666 Å². The van der Waals surface area contributed by atoms with Crippen LogP contribution in [0.4, 0.5) is 24.9 Å². The second kappa shape index (κ2) is 52.3. The van der Waals surface area contributed by atoms with E-state index < -0.39 is 112 Å². The number of ketones is 3. The number of nitrogens with one attached hydrogen (secondary N) is 6. The summed E-state index contributed by atoms with van der Waals surface area (Å²) in [5.41, 5.74) is 6.93. The number of likely N-dealkylation sites (N-methyl/N-ethyl adjacent to an activating group) is 2. The first kappa shape index (κ1) is 97.2. The van der Waals surface area contributed by atoms with Crippen molar-refractivity contribution in [1.82, 2.24) is 41.3 Å². The van der Waals surface area contributed by atoms with Crippen molar-refractivity contribution in [2.75, 3.05) is 113 Å². The number of carbonyl (C=O) groups excluding carboxylic acids is 12. The minimum absolute atomic E-state index is 0.0619. The normalized spacial score (nSPS) is 16.2. The van der Waals surface area contributed by atoms with Crippen LogP contribution in [0, 0.1) is 47.3 Å². The minimum Gasteiger partial charge on any atom is -0.445 e. The van der Waals surface area contributed by atoms with E-state index in [4.69, 9.17) is 38.9 Å². The molecule has 0 bridgehead atoms. The Morgan fingerprint density at radius 2 is 1.27 bits per heavy atom. The van der Waals surface area contributed by atoms with Crippen molar-refractivity contribution in [2.45, 2.75) is 195 Å². The fourth-order valence-electron chi connectivity index (χ4n) is 13.6. The van der Waals surface area contributed by atoms with Gasteiger partial charge in [0.15, 0.2) is 11.6 Å². The molecule has 0 aliphatic carbocycles. The molecular weight excluding hydrogens is 1560 g/mol. The van der Waals surface area contributed by atoms with Gasteiger partial charge in [-0.3, -0.25) is 47.9 Å². The molecular formula is C78H124Br2N10O20. The molecule has 110 heavy (non-hydrogen) atoms. The summed E-state index contributed by atoms with van der Waals surface area (Å²) in [6.07, 6.45) is -0.493. The summed E-state index contributed by atoms with van der Waals surface area (Å²) in [5.74, 6) is -6.48. The number of methoxy groups -OCH3 is 2. The van der Waals surface area contributed by atoms with Crippen LogP contribution in [0.3, 0.4) is 0 Å². The van der Waals surface area contributed by atoms with Gasteiger partial charge in [0.1, 0.15) is 19.0 Å². The van der Waals surface area contributed by atoms with Crippen LogP contribution in [0.2, 0.25) is 0 Å². The lowest BCUT2D eigenvalue weighted by atomic mass is 9.83. The van der Waals surface area contributed by atoms with Crippen LogP contribution in [0.25, 0.3) is 0 Å². The number of carbonyl (C=O) groups is 12. The Balaban J connectivity index is 1.55. The predicted octanol–water partition coefficient (Wildman–Crippen LogP) is 8.40. The first-order valence-electron chi connectivity index (χ1n) is 38.2. The van der Waals surface area contributed by atoms with Crippen molar-refractivity contribution >= 4 is 106 Å². The third kappa shape index (κ3) is 34.9. The summed E-state index contributed by atoms with van der Waals surface area (Å²) in [5, 5.41) is 27.0. The van der Waals surface area contributed by atoms with E-state index >= 15 is 0 Å². The number of aliphatic hydroxyl groups is 1. The average Bonchev–Trinajstić information content (AvgIpc) is 1.44. The number of halogens is 2. The Morgan fingerprint density at radius 1 is 0.645 bits per heavy atom. The smallest absolute Gasteiger partial charge is 0.410 e. The summed E-state index contributed by atoms with van der Waals surface area (Å²) in [6.45, 7) is 20.5. The van der Waals surface area contributed by atoms with Gasteiger partial charge >= 0.3 is 12.1 Å². The zero-order chi connectivity index (χ0) is 82.2. The Hall–Kier alpha value is -7.04. The Bertz CT molecular complexity index is 3190. The molecule has 620 valence electrons. The molecule has 1 fully saturated rings. The zero-order valence-corrected chi connectivity index (χ0v) is 70.0. The van der Waals surface area contributed by atoms with Gasteiger partial charge < -0.3 is 90.6 Å². The van der Waals surface area contributed by atoms with Crippen molar-refractivity contribution < 1.29 is 95.8 Å². The van der Waals surface area contributed by atoms with Gasteiger partial charge in [0.05, 0.1) is 95.1 Å². The number of Topliss-reactive ketones (excluding diaryl/α,β-unsaturated/α-hetero) is 3. The molecule has 32 heteroatoms. The van der Waals surface area contributed by atoms with Crippen LogP contribution in [-0.2, 0) is 78.1 Å². The molecule has 0 unspecified atom stereocenters. The largest absolute Gasteiger partial charge is 0.445 e. The lowest BCUT2D eigenvalue weighted by molar-refractivity contribution is -0.149. The highest BCUT2D eigenvalue weighted by atomic mass is 79.9. The molecule has 0 aromatic heterocycles. The molecule has 30 nitrogen and oxygen atoms in total. The number of hydrogen-bond acceptors (Lipinski definition) is 20. The van der Waals surface area contributed by atoms with Gasteiger partial charge in [-0.2, -0.15) is 0 Å². The highest BCUT2D eigenvalue weighted by Gasteiger charge is 2.44. The van der Waals surface area contributed by atoms with Crippen LogP contribution >= 0.6 is 31.9 Å². The van der Waals surface area contributed by atoms with E-state index in [9.17, 15) is 62.6 Å². The number of nitrogens with zero attached hydrogens (tertiary/aromatic N) is 3. The summed E-state index contributed by atoms with van der Waals surface area (Å²) >= 11 is 5.54. The SMILES string of the molecule is CC[C@H](C)[C@@H]([C@@H](CC(=O)N1CCC[C@H]1[C@H](OC)[C@@H](C)C(=O)C[C@H](C)[C@@H](O)c1ccccc1)OC)N(C)C(=O)[C@H](CC(=O)[C@H](C(C)C)N(C)C(=O)OCc1ccc(NC(=O)[C@@H](CCCNC(N)=O)CC(=O)[C@@H](NC(=O)COCCOCCOCCOCCNC(=O)CC[C@H](CNC(=O)Br)NC(=O)Br)C(C)C)cc1)C(C)C. The maximum atomic E-state index is 14.9. The maximum absolute atomic E-state index is 14.9. The minimum atomic E-state index is -0.980. The molecule has 3 rings (SSSR count). The van der Waals surface area contributed by atoms with Crippen molar-refractivity contribution in [3.8, 4) is 0 Å². The third-order valence-corrected chi connectivity index (χ3v) is 20.5. The standard InChI is InChI=1S/C78H124Br2N10O20/c1-15-51(8)70(64(104-13)44-67(96)90-33-20-24-60(90)72(105-14)53(10)61(91)41-52(9)71(97)55-21-17-16-18-22-55)88(11)74(99)59(48(2)3)43-63(93)69(50(6)7)89(12)78(103)110-46-54-25-27-57(28-26-54)85-73(98)56(23-19-31-83-77(81)102)42-62(92)68(49(4)5)87-66(95)47-109-40-39-108-38-37-107-36-35-106-34-32-82-65(94)30-29-58(86-76(80)101)45-84-75(79)100/h16-18,21-22,25-28,48-53,56,58-60,64,68-72,97H,15,19-20,23-24,29-47H2,1-14H3,(H,82,94)(H,84,100)(H,85,98)(H,86,101)(H,87,95)(H3,81,83,102)/t51-,52-,53-,56-,58+,59+,60-,64+,68-,69-,70-,71+,72+/m0/s1. The lowest BCUT2D eigenvalue weighted by Crippen LogP contribution is -2.54. The first-order chi connectivity index (χ1) is 52.2. The van der Waals surface area contributed by atoms with Crippen molar-refractivity contribution in [3.63, 3.8) is 0 Å². The van der Waals surface area contributed by atoms with Gasteiger partial charge in [-0.15, -0.1) is 0 Å². The van der Waals surface area contributed by atoms with Crippen LogP contribution in [0.15, 0.2) is 54.6 Å². The van der Waals surface area contributed by atoms with E-state index in [0.29, 0.717) is 49.9 Å². The molecule has 1 aliphatic heterocycles. The van der Waals surface area contributed by atoms with Gasteiger partial charge in [0.25, 0.3) is 9.63 Å². The molecule has 0 spiro atoms. The molecule has 13 atom stereocenters. The average molecular weight is 1680 g/mol. The van der Waals surface area contributed by atoms with Crippen LogP contribution in [0.1, 0.15) is 157 Å². The number of ether oxygens (including phenoxy) is 7. The monoisotopic (exact) mass is 1680 g/mol. The van der Waals surface area contributed by atoms with Gasteiger partial charge in [-0.25, -0.2) is 9.59 Å². The van der Waals surface area contributed by atoms with Gasteiger partial charge in [-0.1, -0.05) is 118 Å². The van der Waals surface area contributed by atoms with Crippen LogP contribution in [0.5, 0.6) is 0 Å². The second-order valence-corrected chi connectivity index (χ2v) is 30.7. The molecule has 1 saturated heterocycles. The summed E-state index contributed by atoms with van der Waals surface area (Å²) < 4.78 is 39.9. The zero-order valence-electron chi connectivity index (χ0n) is 66.8. The molecule has 0 radical (unpaired) electrons. The van der Waals surface area contributed by atoms with E-state index in [1.807, 2.05) is 71.9 Å². The van der Waals surface area contributed by atoms with E-state index in [0.717, 1.165) is 5.56 Å². The quantitative estimate of drug-likeness (QED) is 0.0175. The van der Waals surface area contributed by atoms with E-state index in [1.165, 1.54) is 19.1 Å². The predicted molar refractivity (Wildman–Crippen MR) is 422 cm³/mol. The molecule has 2 aromatic rings. The number of urea groups is 1.